The van der Waals surface area contributed by atoms with Crippen LogP contribution < -0.4 is 0 Å². The van der Waals surface area contributed by atoms with Crippen LogP contribution in [-0.4, -0.2) is 17.5 Å². The van der Waals surface area contributed by atoms with Gasteiger partial charge in [-0.05, 0) is 38.3 Å². The largest absolute Gasteiger partial charge is 0.481 e. The maximum atomic E-state index is 5.54. The summed E-state index contributed by atoms with van der Waals surface area (Å²) in [5.41, 5.74) is 2.63. The van der Waals surface area contributed by atoms with Crippen LogP contribution in [0.5, 0.6) is 0 Å². The quantitative estimate of drug-likeness (QED) is 0.588. The maximum Gasteiger partial charge on any atom is 0.191 e. The SMILES string of the molecule is C=C(N=C(OCC)C1CC1)c1ccc(C)cn1. The number of hydrogen-bond donors (Lipinski definition) is 0. The second kappa shape index (κ2) is 5.13. The second-order valence-electron chi connectivity index (χ2n) is 4.32. The van der Waals surface area contributed by atoms with E-state index in [1.807, 2.05) is 32.2 Å². The average molecular weight is 230 g/mol. The molecule has 0 amide bonds. The van der Waals surface area contributed by atoms with Gasteiger partial charge in [-0.1, -0.05) is 12.6 Å². The first-order chi connectivity index (χ1) is 8.20. The van der Waals surface area contributed by atoms with Gasteiger partial charge in [-0.2, -0.15) is 0 Å². The Morgan fingerprint density at radius 2 is 2.29 bits per heavy atom. The standard InChI is InChI=1S/C14H18N2O/c1-4-17-14(12-6-7-12)16-11(3)13-8-5-10(2)9-15-13/h5,8-9,12H,3-4,6-7H2,1-2H3. The third kappa shape index (κ3) is 3.16. The van der Waals surface area contributed by atoms with Crippen molar-refractivity contribution in [3.05, 3.63) is 36.2 Å². The van der Waals surface area contributed by atoms with Gasteiger partial charge in [0.2, 0.25) is 0 Å². The molecule has 2 rings (SSSR count). The van der Waals surface area contributed by atoms with Crippen LogP contribution in [0.4, 0.5) is 0 Å². The fraction of sp³-hybridized carbons (Fsp3) is 0.429. The van der Waals surface area contributed by atoms with Gasteiger partial charge in [0.05, 0.1) is 18.0 Å². The number of rotatable bonds is 4. The van der Waals surface area contributed by atoms with Crippen LogP contribution in [0.2, 0.25) is 0 Å². The number of aliphatic imine (C=N–C) groups is 1. The summed E-state index contributed by atoms with van der Waals surface area (Å²) >= 11 is 0. The number of nitrogens with zero attached hydrogens (tertiary/aromatic N) is 2. The Hall–Kier alpha value is -1.64. The fourth-order valence-electron chi connectivity index (χ4n) is 1.55. The summed E-state index contributed by atoms with van der Waals surface area (Å²) in [6.45, 7) is 8.60. The van der Waals surface area contributed by atoms with Crippen molar-refractivity contribution < 1.29 is 4.74 Å². The van der Waals surface area contributed by atoms with Gasteiger partial charge in [0.1, 0.15) is 0 Å². The molecule has 1 aromatic rings. The van der Waals surface area contributed by atoms with Gasteiger partial charge < -0.3 is 4.74 Å². The lowest BCUT2D eigenvalue weighted by molar-refractivity contribution is 0.314. The Labute approximate surface area is 102 Å². The highest BCUT2D eigenvalue weighted by Gasteiger charge is 2.29. The van der Waals surface area contributed by atoms with Crippen molar-refractivity contribution in [2.45, 2.75) is 26.7 Å². The lowest BCUT2D eigenvalue weighted by atomic mass is 10.2. The van der Waals surface area contributed by atoms with Gasteiger partial charge in [-0.25, -0.2) is 4.99 Å². The highest BCUT2D eigenvalue weighted by molar-refractivity contribution is 5.86. The molecule has 0 N–H and O–H groups in total. The zero-order chi connectivity index (χ0) is 12.3. The summed E-state index contributed by atoms with van der Waals surface area (Å²) in [6, 6.07) is 3.96. The minimum Gasteiger partial charge on any atom is -0.481 e. The Kier molecular flexibility index (Phi) is 3.57. The van der Waals surface area contributed by atoms with Crippen molar-refractivity contribution >= 4 is 11.6 Å². The molecule has 0 unspecified atom stereocenters. The molecule has 3 nitrogen and oxygen atoms in total. The predicted molar refractivity (Wildman–Crippen MR) is 69.8 cm³/mol. The molecule has 0 aromatic carbocycles. The summed E-state index contributed by atoms with van der Waals surface area (Å²) in [5, 5.41) is 0. The van der Waals surface area contributed by atoms with Crippen LogP contribution in [0.25, 0.3) is 5.70 Å². The molecule has 0 saturated heterocycles. The van der Waals surface area contributed by atoms with Crippen LogP contribution in [0.1, 0.15) is 31.0 Å². The summed E-state index contributed by atoms with van der Waals surface area (Å²) in [4.78, 5) is 8.77. The maximum absolute atomic E-state index is 5.54. The molecule has 0 spiro atoms. The topological polar surface area (TPSA) is 34.5 Å². The third-order valence-electron chi connectivity index (χ3n) is 2.67. The van der Waals surface area contributed by atoms with Crippen LogP contribution in [0.3, 0.4) is 0 Å². The van der Waals surface area contributed by atoms with Crippen LogP contribution in [0, 0.1) is 12.8 Å². The average Bonchev–Trinajstić information content (AvgIpc) is 3.13. The van der Waals surface area contributed by atoms with E-state index in [0.29, 0.717) is 18.2 Å². The van der Waals surface area contributed by atoms with E-state index in [0.717, 1.165) is 17.2 Å². The summed E-state index contributed by atoms with van der Waals surface area (Å²) in [7, 11) is 0. The van der Waals surface area contributed by atoms with Crippen molar-refractivity contribution in [1.82, 2.24) is 4.98 Å². The Balaban J connectivity index is 2.13. The number of ether oxygens (including phenoxy) is 1. The molecular formula is C14H18N2O. The van der Waals surface area contributed by atoms with Crippen molar-refractivity contribution in [3.63, 3.8) is 0 Å². The van der Waals surface area contributed by atoms with Crippen molar-refractivity contribution in [2.24, 2.45) is 10.9 Å². The molecule has 1 saturated carbocycles. The van der Waals surface area contributed by atoms with Crippen LogP contribution >= 0.6 is 0 Å². The normalized spacial score (nSPS) is 15.8. The molecule has 0 atom stereocenters. The minimum absolute atomic E-state index is 0.497. The molecule has 17 heavy (non-hydrogen) atoms. The first-order valence-electron chi connectivity index (χ1n) is 6.04. The molecule has 1 aliphatic rings. The zero-order valence-electron chi connectivity index (χ0n) is 10.4. The number of pyridine rings is 1. The lowest BCUT2D eigenvalue weighted by Gasteiger charge is -2.07. The van der Waals surface area contributed by atoms with E-state index < -0.39 is 0 Å². The Morgan fingerprint density at radius 3 is 2.82 bits per heavy atom. The smallest absolute Gasteiger partial charge is 0.191 e. The van der Waals surface area contributed by atoms with Crippen LogP contribution in [-0.2, 0) is 4.74 Å². The Bertz CT molecular complexity index is 430. The van der Waals surface area contributed by atoms with Crippen molar-refractivity contribution in [2.75, 3.05) is 6.61 Å². The molecule has 0 bridgehead atoms. The molecule has 1 aliphatic carbocycles. The highest BCUT2D eigenvalue weighted by atomic mass is 16.5. The van der Waals surface area contributed by atoms with Crippen molar-refractivity contribution in [3.8, 4) is 0 Å². The monoisotopic (exact) mass is 230 g/mol. The number of aryl methyl sites for hydroxylation is 1. The van der Waals surface area contributed by atoms with Gasteiger partial charge in [-0.15, -0.1) is 0 Å². The molecule has 1 fully saturated rings. The number of aromatic nitrogens is 1. The van der Waals surface area contributed by atoms with Gasteiger partial charge in [0, 0.05) is 12.1 Å². The first-order valence-corrected chi connectivity index (χ1v) is 6.04. The molecule has 1 aromatic heterocycles. The first kappa shape index (κ1) is 11.8. The third-order valence-corrected chi connectivity index (χ3v) is 2.67. The molecule has 0 aliphatic heterocycles. The van der Waals surface area contributed by atoms with Gasteiger partial charge in [0.15, 0.2) is 5.90 Å². The second-order valence-corrected chi connectivity index (χ2v) is 4.32. The van der Waals surface area contributed by atoms with Gasteiger partial charge in [-0.3, -0.25) is 4.98 Å². The zero-order valence-corrected chi connectivity index (χ0v) is 10.4. The van der Waals surface area contributed by atoms with E-state index >= 15 is 0 Å². The predicted octanol–water partition coefficient (Wildman–Crippen LogP) is 3.21. The summed E-state index contributed by atoms with van der Waals surface area (Å²) < 4.78 is 5.54. The summed E-state index contributed by atoms with van der Waals surface area (Å²) in [5.74, 6) is 1.32. The molecule has 3 heteroatoms. The van der Waals surface area contributed by atoms with E-state index in [1.165, 1.54) is 12.8 Å². The van der Waals surface area contributed by atoms with E-state index in [1.54, 1.807) is 0 Å². The van der Waals surface area contributed by atoms with E-state index in [2.05, 4.69) is 16.6 Å². The molecular weight excluding hydrogens is 212 g/mol. The lowest BCUT2D eigenvalue weighted by Crippen LogP contribution is -2.07. The van der Waals surface area contributed by atoms with Gasteiger partial charge >= 0.3 is 0 Å². The van der Waals surface area contributed by atoms with E-state index in [9.17, 15) is 0 Å². The van der Waals surface area contributed by atoms with E-state index in [-0.39, 0.29) is 0 Å². The van der Waals surface area contributed by atoms with Gasteiger partial charge in [0.25, 0.3) is 0 Å². The van der Waals surface area contributed by atoms with Crippen molar-refractivity contribution in [1.29, 1.82) is 0 Å². The van der Waals surface area contributed by atoms with E-state index in [4.69, 9.17) is 4.74 Å². The Morgan fingerprint density at radius 1 is 1.53 bits per heavy atom. The highest BCUT2D eigenvalue weighted by Crippen LogP contribution is 2.32. The molecule has 1 heterocycles. The minimum atomic E-state index is 0.497. The number of hydrogen-bond acceptors (Lipinski definition) is 3. The molecule has 90 valence electrons. The summed E-state index contributed by atoms with van der Waals surface area (Å²) in [6.07, 6.45) is 4.17. The van der Waals surface area contributed by atoms with Crippen LogP contribution in [0.15, 0.2) is 29.9 Å². The molecule has 0 radical (unpaired) electrons. The fourth-order valence-corrected chi connectivity index (χ4v) is 1.55.